The molecule has 1 aromatic heterocycles. The number of hydrogen-bond acceptors (Lipinski definition) is 7. The Morgan fingerprint density at radius 2 is 1.96 bits per heavy atom. The van der Waals surface area contributed by atoms with E-state index >= 15 is 0 Å². The molecule has 1 fully saturated rings. The number of aliphatic imine (C=N–C) groups is 1. The van der Waals surface area contributed by atoms with Crippen molar-refractivity contribution in [3.63, 3.8) is 0 Å². The summed E-state index contributed by atoms with van der Waals surface area (Å²) >= 11 is 7.85. The maximum absolute atomic E-state index is 12.7. The van der Waals surface area contributed by atoms with Gasteiger partial charge in [0.15, 0.2) is 11.2 Å². The molecule has 2 aliphatic heterocycles. The van der Waals surface area contributed by atoms with E-state index in [2.05, 4.69) is 48.3 Å². The number of hydrogen-bond donors (Lipinski definition) is 1. The van der Waals surface area contributed by atoms with E-state index in [1.165, 1.54) is 5.57 Å². The van der Waals surface area contributed by atoms with Gasteiger partial charge in [0.25, 0.3) is 0 Å². The molecule has 1 N–H and O–H groups in total. The maximum atomic E-state index is 12.7. The molecule has 7 rings (SSSR count). The van der Waals surface area contributed by atoms with Crippen LogP contribution in [0.2, 0.25) is 5.02 Å². The number of benzene rings is 3. The molecule has 236 valence electrons. The van der Waals surface area contributed by atoms with Crippen LogP contribution in [0.5, 0.6) is 0 Å². The highest BCUT2D eigenvalue weighted by Crippen LogP contribution is 2.47. The number of carboxylic acid groups (broad SMARTS) is 1. The zero-order valence-corrected chi connectivity index (χ0v) is 28.1. The summed E-state index contributed by atoms with van der Waals surface area (Å²) in [5, 5.41) is 11.9. The van der Waals surface area contributed by atoms with Crippen molar-refractivity contribution in [3.05, 3.63) is 94.0 Å². The number of anilines is 1. The molecule has 1 unspecified atom stereocenters. The molecule has 9 heteroatoms. The number of ether oxygens (including phenoxy) is 2. The van der Waals surface area contributed by atoms with Crippen LogP contribution >= 0.6 is 22.9 Å². The second-order valence-corrected chi connectivity index (χ2v) is 14.5. The molecule has 0 spiro atoms. The number of aryl methyl sites for hydroxylation is 1. The first-order chi connectivity index (χ1) is 22.0. The number of fused-ring (bicyclic) bond motifs is 4. The largest absolute Gasteiger partial charge is 0.479 e. The average Bonchev–Trinajstić information content (AvgIpc) is 3.62. The van der Waals surface area contributed by atoms with Crippen LogP contribution in [0.25, 0.3) is 26.9 Å². The van der Waals surface area contributed by atoms with E-state index in [0.717, 1.165) is 54.6 Å². The second kappa shape index (κ2) is 11.8. The normalized spacial score (nSPS) is 19.9. The average molecular weight is 654 g/mol. The van der Waals surface area contributed by atoms with Gasteiger partial charge in [0.05, 0.1) is 40.4 Å². The minimum absolute atomic E-state index is 0.156. The number of allylic oxidation sites excluding steroid dienone is 4. The third-order valence-electron chi connectivity index (χ3n) is 8.65. The Balaban J connectivity index is 1.30. The van der Waals surface area contributed by atoms with Crippen LogP contribution in [0, 0.1) is 12.8 Å². The van der Waals surface area contributed by atoms with Gasteiger partial charge in [-0.1, -0.05) is 72.4 Å². The van der Waals surface area contributed by atoms with Gasteiger partial charge in [-0.3, -0.25) is 4.99 Å². The molecule has 4 aromatic rings. The first kappa shape index (κ1) is 30.8. The molecule has 3 aromatic carbocycles. The van der Waals surface area contributed by atoms with Crippen LogP contribution in [-0.4, -0.2) is 47.1 Å². The summed E-state index contributed by atoms with van der Waals surface area (Å²) in [4.78, 5) is 25.1. The number of morpholine rings is 1. The summed E-state index contributed by atoms with van der Waals surface area (Å²) < 4.78 is 13.5. The van der Waals surface area contributed by atoms with Crippen molar-refractivity contribution in [2.75, 3.05) is 24.6 Å². The highest BCUT2D eigenvalue weighted by atomic mass is 35.5. The third kappa shape index (κ3) is 5.58. The number of carbonyl (C=O) groups is 1. The molecule has 3 atom stereocenters. The molecule has 0 bridgehead atoms. The van der Waals surface area contributed by atoms with Crippen LogP contribution in [0.15, 0.2) is 71.8 Å². The van der Waals surface area contributed by atoms with E-state index in [1.807, 2.05) is 58.0 Å². The van der Waals surface area contributed by atoms with E-state index in [0.29, 0.717) is 30.3 Å². The van der Waals surface area contributed by atoms with E-state index < -0.39 is 17.7 Å². The molecule has 3 aliphatic rings. The number of aromatic nitrogens is 1. The van der Waals surface area contributed by atoms with Gasteiger partial charge in [0.1, 0.15) is 6.10 Å². The summed E-state index contributed by atoms with van der Waals surface area (Å²) in [6, 6.07) is 15.8. The van der Waals surface area contributed by atoms with Gasteiger partial charge in [-0.05, 0) is 68.7 Å². The summed E-state index contributed by atoms with van der Waals surface area (Å²) in [7, 11) is 0. The van der Waals surface area contributed by atoms with Gasteiger partial charge in [0, 0.05) is 39.7 Å². The second-order valence-electron chi connectivity index (χ2n) is 13.1. The molecule has 0 saturated carbocycles. The Bertz CT molecular complexity index is 1950. The molecular formula is C37H36ClN3O4S. The first-order valence-electron chi connectivity index (χ1n) is 15.6. The Labute approximate surface area is 277 Å². The van der Waals surface area contributed by atoms with Gasteiger partial charge in [-0.25, -0.2) is 9.78 Å². The molecule has 1 saturated heterocycles. The lowest BCUT2D eigenvalue weighted by Gasteiger charge is -2.34. The lowest BCUT2D eigenvalue weighted by atomic mass is 9.87. The van der Waals surface area contributed by atoms with Crippen LogP contribution in [0.4, 0.5) is 10.8 Å². The maximum Gasteiger partial charge on any atom is 0.337 e. The molecular weight excluding hydrogens is 618 g/mol. The van der Waals surface area contributed by atoms with Crippen LogP contribution < -0.4 is 4.90 Å². The SMILES string of the molecule is Cc1cc2nc(N3CCO[C@H](c4cccc5c4C4=CC=CC(C)C4=N5)C3)sc2c(-c2ccc(Cl)cc2)c1[C@H](OC(C)(C)C)C(=O)O. The molecule has 0 amide bonds. The highest BCUT2D eigenvalue weighted by molar-refractivity contribution is 7.22. The highest BCUT2D eigenvalue weighted by Gasteiger charge is 2.35. The standard InChI is InChI=1S/C37H36ClN3O4S/c1-20-8-6-10-25-31-24(9-7-11-26(31)39-32(20)25)28-19-41(16-17-44-28)36-40-27-18-21(2)29(33(35(42)43)45-37(3,4)5)30(34(27)46-36)22-12-14-23(38)15-13-22/h6-15,18,20,28,33H,16-17,19H2,1-5H3,(H,42,43)/t20?,28-,33-/m0/s1. The quantitative estimate of drug-likeness (QED) is 0.223. The topological polar surface area (TPSA) is 84.3 Å². The summed E-state index contributed by atoms with van der Waals surface area (Å²) in [6.45, 7) is 11.6. The number of halogens is 1. The fraction of sp³-hybridized carbons (Fsp3) is 0.324. The first-order valence-corrected chi connectivity index (χ1v) is 16.8. The van der Waals surface area contributed by atoms with Crippen molar-refractivity contribution in [1.29, 1.82) is 0 Å². The summed E-state index contributed by atoms with van der Waals surface area (Å²) in [6.07, 6.45) is 5.15. The minimum Gasteiger partial charge on any atom is -0.479 e. The predicted molar refractivity (Wildman–Crippen MR) is 187 cm³/mol. The van der Waals surface area contributed by atoms with Crippen molar-refractivity contribution in [1.82, 2.24) is 4.98 Å². The fourth-order valence-electron chi connectivity index (χ4n) is 6.63. The third-order valence-corrected chi connectivity index (χ3v) is 10.0. The smallest absolute Gasteiger partial charge is 0.337 e. The predicted octanol–water partition coefficient (Wildman–Crippen LogP) is 9.12. The zero-order valence-electron chi connectivity index (χ0n) is 26.5. The van der Waals surface area contributed by atoms with Crippen molar-refractivity contribution >= 4 is 61.2 Å². The molecule has 1 aliphatic carbocycles. The fourth-order valence-corrected chi connectivity index (χ4v) is 7.92. The summed E-state index contributed by atoms with van der Waals surface area (Å²) in [5.74, 6) is -0.765. The lowest BCUT2D eigenvalue weighted by molar-refractivity contribution is -0.160. The van der Waals surface area contributed by atoms with E-state index in [4.69, 9.17) is 31.1 Å². The molecule has 46 heavy (non-hydrogen) atoms. The molecule has 0 radical (unpaired) electrons. The zero-order chi connectivity index (χ0) is 32.3. The minimum atomic E-state index is -1.16. The molecule has 3 heterocycles. The van der Waals surface area contributed by atoms with E-state index in [-0.39, 0.29) is 12.0 Å². The Morgan fingerprint density at radius 1 is 1.17 bits per heavy atom. The summed E-state index contributed by atoms with van der Waals surface area (Å²) in [5.41, 5.74) is 8.86. The Morgan fingerprint density at radius 3 is 2.70 bits per heavy atom. The van der Waals surface area contributed by atoms with Crippen molar-refractivity contribution in [2.24, 2.45) is 10.9 Å². The number of aliphatic carboxylic acids is 1. The number of nitrogens with zero attached hydrogens (tertiary/aromatic N) is 3. The van der Waals surface area contributed by atoms with Crippen LogP contribution in [-0.2, 0) is 14.3 Å². The number of carboxylic acids is 1. The lowest BCUT2D eigenvalue weighted by Crippen LogP contribution is -2.38. The number of thiazole rings is 1. The van der Waals surface area contributed by atoms with Gasteiger partial charge < -0.3 is 19.5 Å². The van der Waals surface area contributed by atoms with Gasteiger partial charge >= 0.3 is 5.97 Å². The Hall–Kier alpha value is -3.82. The van der Waals surface area contributed by atoms with Gasteiger partial charge in [-0.2, -0.15) is 0 Å². The van der Waals surface area contributed by atoms with Crippen molar-refractivity contribution in [2.45, 2.75) is 52.4 Å². The molecule has 7 nitrogen and oxygen atoms in total. The Kier molecular flexibility index (Phi) is 7.88. The van der Waals surface area contributed by atoms with E-state index in [9.17, 15) is 9.90 Å². The van der Waals surface area contributed by atoms with Crippen LogP contribution in [0.3, 0.4) is 0 Å². The van der Waals surface area contributed by atoms with E-state index in [1.54, 1.807) is 11.3 Å². The van der Waals surface area contributed by atoms with Gasteiger partial charge in [-0.15, -0.1) is 0 Å². The van der Waals surface area contributed by atoms with Crippen molar-refractivity contribution < 1.29 is 19.4 Å². The van der Waals surface area contributed by atoms with Gasteiger partial charge in [0.2, 0.25) is 0 Å². The van der Waals surface area contributed by atoms with Crippen LogP contribution in [0.1, 0.15) is 62.2 Å². The number of rotatable bonds is 6. The monoisotopic (exact) mass is 653 g/mol. The van der Waals surface area contributed by atoms with Crippen molar-refractivity contribution in [3.8, 4) is 11.1 Å².